The molecule has 0 aliphatic carbocycles. The van der Waals surface area contributed by atoms with Crippen LogP contribution in [0.2, 0.25) is 0 Å². The molecule has 1 aliphatic heterocycles. The number of piperidine rings is 1. The number of nitrogens with zero attached hydrogens (tertiary/aromatic N) is 3. The Hall–Kier alpha value is -1.40. The number of hydrogen-bond acceptors (Lipinski definition) is 4. The Morgan fingerprint density at radius 2 is 2.20 bits per heavy atom. The molecule has 1 aromatic heterocycles. The molecule has 20 heavy (non-hydrogen) atoms. The molecule has 0 saturated carbocycles. The zero-order valence-corrected chi connectivity index (χ0v) is 12.1. The molecule has 1 fully saturated rings. The summed E-state index contributed by atoms with van der Waals surface area (Å²) in [7, 11) is 0. The smallest absolute Gasteiger partial charge is 0.257 e. The average Bonchev–Trinajstić information content (AvgIpc) is 2.85. The molecule has 1 aromatic rings. The second-order valence-electron chi connectivity index (χ2n) is 5.43. The van der Waals surface area contributed by atoms with Gasteiger partial charge in [-0.05, 0) is 38.6 Å². The largest absolute Gasteiger partial charge is 0.396 e. The quantitative estimate of drug-likeness (QED) is 0.817. The molecule has 2 heterocycles. The van der Waals surface area contributed by atoms with Gasteiger partial charge in [0.2, 0.25) is 0 Å². The van der Waals surface area contributed by atoms with Gasteiger partial charge in [0.05, 0.1) is 11.8 Å². The highest BCUT2D eigenvalue weighted by atomic mass is 16.3. The molecule has 0 aromatic carbocycles. The molecule has 1 aliphatic rings. The van der Waals surface area contributed by atoms with E-state index in [1.807, 2.05) is 16.5 Å². The van der Waals surface area contributed by atoms with E-state index < -0.39 is 0 Å². The summed E-state index contributed by atoms with van der Waals surface area (Å²) in [5.41, 5.74) is 7.09. The van der Waals surface area contributed by atoms with Gasteiger partial charge in [-0.2, -0.15) is 5.10 Å². The van der Waals surface area contributed by atoms with Crippen LogP contribution in [0.25, 0.3) is 0 Å². The summed E-state index contributed by atoms with van der Waals surface area (Å²) >= 11 is 0. The number of rotatable bonds is 5. The third-order valence-corrected chi connectivity index (χ3v) is 4.07. The van der Waals surface area contributed by atoms with Crippen molar-refractivity contribution in [2.24, 2.45) is 11.7 Å². The summed E-state index contributed by atoms with van der Waals surface area (Å²) < 4.78 is 1.85. The lowest BCUT2D eigenvalue weighted by atomic mass is 9.97. The Bertz CT molecular complexity index is 450. The summed E-state index contributed by atoms with van der Waals surface area (Å²) in [5.74, 6) is 0.394. The van der Waals surface area contributed by atoms with E-state index in [0.29, 0.717) is 18.0 Å². The third-order valence-electron chi connectivity index (χ3n) is 4.07. The number of aryl methyl sites for hydroxylation is 1. The first-order chi connectivity index (χ1) is 9.67. The Kier molecular flexibility index (Phi) is 5.14. The summed E-state index contributed by atoms with van der Waals surface area (Å²) in [6, 6.07) is 0. The molecular weight excluding hydrogens is 256 g/mol. The predicted molar refractivity (Wildman–Crippen MR) is 76.3 cm³/mol. The van der Waals surface area contributed by atoms with Gasteiger partial charge in [-0.15, -0.1) is 0 Å². The minimum absolute atomic E-state index is 0.0536. The van der Waals surface area contributed by atoms with E-state index >= 15 is 0 Å². The lowest BCUT2D eigenvalue weighted by molar-refractivity contribution is 0.0650. The van der Waals surface area contributed by atoms with Crippen molar-refractivity contribution >= 4 is 5.91 Å². The first-order valence-electron chi connectivity index (χ1n) is 7.30. The fourth-order valence-corrected chi connectivity index (χ4v) is 2.61. The molecule has 1 amide bonds. The van der Waals surface area contributed by atoms with Crippen molar-refractivity contribution in [3.63, 3.8) is 0 Å². The second-order valence-corrected chi connectivity index (χ2v) is 5.43. The normalized spacial score (nSPS) is 16.6. The summed E-state index contributed by atoms with van der Waals surface area (Å²) in [5, 5.41) is 13.4. The highest BCUT2D eigenvalue weighted by Gasteiger charge is 2.25. The summed E-state index contributed by atoms with van der Waals surface area (Å²) in [6.45, 7) is 4.96. The Morgan fingerprint density at radius 3 is 2.80 bits per heavy atom. The van der Waals surface area contributed by atoms with E-state index in [0.717, 1.165) is 44.6 Å². The van der Waals surface area contributed by atoms with Crippen molar-refractivity contribution in [1.82, 2.24) is 14.7 Å². The van der Waals surface area contributed by atoms with Gasteiger partial charge in [-0.1, -0.05) is 0 Å². The maximum atomic E-state index is 12.5. The predicted octanol–water partition coefficient (Wildman–Crippen LogP) is 0.385. The molecule has 0 radical (unpaired) electrons. The molecule has 2 rings (SSSR count). The first-order valence-corrected chi connectivity index (χ1v) is 7.30. The van der Waals surface area contributed by atoms with Crippen LogP contribution >= 0.6 is 0 Å². The van der Waals surface area contributed by atoms with E-state index in [1.165, 1.54) is 0 Å². The maximum absolute atomic E-state index is 12.5. The fraction of sp³-hybridized carbons (Fsp3) is 0.714. The topological polar surface area (TPSA) is 84.4 Å². The number of aliphatic hydroxyl groups excluding tert-OH is 1. The monoisotopic (exact) mass is 280 g/mol. The van der Waals surface area contributed by atoms with E-state index in [4.69, 9.17) is 10.8 Å². The van der Waals surface area contributed by atoms with Crippen molar-refractivity contribution in [3.05, 3.63) is 17.5 Å². The number of carbonyl (C=O) groups is 1. The van der Waals surface area contributed by atoms with Crippen LogP contribution in [-0.2, 0) is 6.54 Å². The molecule has 112 valence electrons. The van der Waals surface area contributed by atoms with Gasteiger partial charge in [0.25, 0.3) is 5.91 Å². The van der Waals surface area contributed by atoms with Crippen LogP contribution in [0.15, 0.2) is 6.20 Å². The molecular formula is C14H24N4O2. The summed E-state index contributed by atoms with van der Waals surface area (Å²) in [4.78, 5) is 14.4. The zero-order valence-electron chi connectivity index (χ0n) is 12.1. The zero-order chi connectivity index (χ0) is 14.5. The van der Waals surface area contributed by atoms with Gasteiger partial charge in [0, 0.05) is 31.9 Å². The highest BCUT2D eigenvalue weighted by Crippen LogP contribution is 2.19. The van der Waals surface area contributed by atoms with Crippen LogP contribution in [-0.4, -0.2) is 51.9 Å². The van der Waals surface area contributed by atoms with Crippen LogP contribution in [0.4, 0.5) is 0 Å². The minimum atomic E-state index is 0.0536. The van der Waals surface area contributed by atoms with Crippen LogP contribution in [0, 0.1) is 12.8 Å². The van der Waals surface area contributed by atoms with Crippen LogP contribution in [0.5, 0.6) is 0 Å². The molecule has 0 spiro atoms. The lowest BCUT2D eigenvalue weighted by Gasteiger charge is -2.31. The molecule has 3 N–H and O–H groups in total. The van der Waals surface area contributed by atoms with Gasteiger partial charge < -0.3 is 15.7 Å². The standard InChI is InChI=1S/C14H24N4O2/c1-11-13(9-16-18(11)6-2-5-15)14(20)17-7-3-12(10-19)4-8-17/h9,12,19H,2-8,10,15H2,1H3. The van der Waals surface area contributed by atoms with E-state index in [1.54, 1.807) is 6.20 Å². The van der Waals surface area contributed by atoms with Gasteiger partial charge in [0.1, 0.15) is 0 Å². The van der Waals surface area contributed by atoms with Crippen molar-refractivity contribution in [1.29, 1.82) is 0 Å². The highest BCUT2D eigenvalue weighted by molar-refractivity contribution is 5.95. The molecule has 0 bridgehead atoms. The number of amides is 1. The molecule has 1 saturated heterocycles. The van der Waals surface area contributed by atoms with Gasteiger partial charge in [-0.25, -0.2) is 0 Å². The van der Waals surface area contributed by atoms with Crippen molar-refractivity contribution in [2.45, 2.75) is 32.7 Å². The van der Waals surface area contributed by atoms with Crippen molar-refractivity contribution in [3.8, 4) is 0 Å². The Balaban J connectivity index is 2.01. The first kappa shape index (κ1) is 15.0. The van der Waals surface area contributed by atoms with E-state index in [2.05, 4.69) is 5.10 Å². The van der Waals surface area contributed by atoms with E-state index in [-0.39, 0.29) is 12.5 Å². The third kappa shape index (κ3) is 3.19. The number of aliphatic hydroxyl groups is 1. The number of likely N-dealkylation sites (tertiary alicyclic amines) is 1. The van der Waals surface area contributed by atoms with Crippen molar-refractivity contribution < 1.29 is 9.90 Å². The number of carbonyl (C=O) groups excluding carboxylic acids is 1. The fourth-order valence-electron chi connectivity index (χ4n) is 2.61. The van der Waals surface area contributed by atoms with Crippen LogP contribution in [0.1, 0.15) is 35.3 Å². The molecule has 0 unspecified atom stereocenters. The van der Waals surface area contributed by atoms with Gasteiger partial charge in [-0.3, -0.25) is 9.48 Å². The Morgan fingerprint density at radius 1 is 1.50 bits per heavy atom. The van der Waals surface area contributed by atoms with E-state index in [9.17, 15) is 4.79 Å². The number of hydrogen-bond donors (Lipinski definition) is 2. The molecule has 0 atom stereocenters. The van der Waals surface area contributed by atoms with Gasteiger partial charge >= 0.3 is 0 Å². The minimum Gasteiger partial charge on any atom is -0.396 e. The molecule has 6 heteroatoms. The van der Waals surface area contributed by atoms with Gasteiger partial charge in [0.15, 0.2) is 0 Å². The number of nitrogens with two attached hydrogens (primary N) is 1. The maximum Gasteiger partial charge on any atom is 0.257 e. The average molecular weight is 280 g/mol. The molecule has 6 nitrogen and oxygen atoms in total. The SMILES string of the molecule is Cc1c(C(=O)N2CCC(CO)CC2)cnn1CCCN. The Labute approximate surface area is 119 Å². The lowest BCUT2D eigenvalue weighted by Crippen LogP contribution is -2.39. The van der Waals surface area contributed by atoms with Crippen LogP contribution in [0.3, 0.4) is 0 Å². The van der Waals surface area contributed by atoms with Crippen molar-refractivity contribution in [2.75, 3.05) is 26.2 Å². The second kappa shape index (κ2) is 6.85. The van der Waals surface area contributed by atoms with Crippen LogP contribution < -0.4 is 5.73 Å². The summed E-state index contributed by atoms with van der Waals surface area (Å²) in [6.07, 6.45) is 4.27. The number of aromatic nitrogens is 2.